The fraction of sp³-hybridized carbons (Fsp3) is 0.297. The van der Waals surface area contributed by atoms with Gasteiger partial charge in [-0.1, -0.05) is 54.1 Å². The molecule has 0 aliphatic heterocycles. The normalized spacial score (nSPS) is 11.4. The average Bonchev–Trinajstić information content (AvgIpc) is 2.97. The zero-order chi connectivity index (χ0) is 33.5. The van der Waals surface area contributed by atoms with E-state index in [0.29, 0.717) is 34.9 Å². The first kappa shape index (κ1) is 33.7. The summed E-state index contributed by atoms with van der Waals surface area (Å²) in [5.74, 6) is 0.110. The van der Waals surface area contributed by atoms with Gasteiger partial charge in [0.2, 0.25) is 0 Å². The Labute approximate surface area is 271 Å². The predicted octanol–water partition coefficient (Wildman–Crippen LogP) is 8.64. The molecule has 0 aliphatic carbocycles. The lowest BCUT2D eigenvalue weighted by Gasteiger charge is -2.27. The largest absolute Gasteiger partial charge is 0.444 e. The lowest BCUT2D eigenvalue weighted by molar-refractivity contribution is 0.0578. The third-order valence-electron chi connectivity index (χ3n) is 6.61. The van der Waals surface area contributed by atoms with Crippen molar-refractivity contribution < 1.29 is 23.9 Å². The summed E-state index contributed by atoms with van der Waals surface area (Å²) in [7, 11) is 0. The Morgan fingerprint density at radius 3 is 2.04 bits per heavy atom. The molecule has 4 rings (SSSR count). The van der Waals surface area contributed by atoms with Gasteiger partial charge in [0.15, 0.2) is 0 Å². The second-order valence-electron chi connectivity index (χ2n) is 12.9. The molecule has 0 aliphatic rings. The smallest absolute Gasteiger partial charge is 0.414 e. The molecule has 0 unspecified atom stereocenters. The zero-order valence-corrected chi connectivity index (χ0v) is 27.5. The van der Waals surface area contributed by atoms with Crippen molar-refractivity contribution in [2.75, 3.05) is 22.1 Å². The van der Waals surface area contributed by atoms with Crippen LogP contribution in [0.5, 0.6) is 0 Å². The Kier molecular flexibility index (Phi) is 10.5. The van der Waals surface area contributed by atoms with Gasteiger partial charge < -0.3 is 14.8 Å². The number of nitrogens with one attached hydrogen (secondary N) is 2. The maximum Gasteiger partial charge on any atom is 0.414 e. The zero-order valence-electron chi connectivity index (χ0n) is 27.5. The second-order valence-corrected chi connectivity index (χ2v) is 12.9. The Balaban J connectivity index is 1.49. The van der Waals surface area contributed by atoms with E-state index < -0.39 is 23.4 Å². The molecule has 0 atom stereocenters. The molecule has 1 aromatic heterocycles. The van der Waals surface area contributed by atoms with Crippen LogP contribution in [0, 0.1) is 6.92 Å². The Morgan fingerprint density at radius 2 is 1.39 bits per heavy atom. The number of benzene rings is 3. The van der Waals surface area contributed by atoms with E-state index in [-0.39, 0.29) is 12.5 Å². The highest BCUT2D eigenvalue weighted by molar-refractivity contribution is 6.08. The van der Waals surface area contributed by atoms with Gasteiger partial charge in [0.05, 0.1) is 0 Å². The molecule has 0 saturated carbocycles. The summed E-state index contributed by atoms with van der Waals surface area (Å²) >= 11 is 0. The highest BCUT2D eigenvalue weighted by Crippen LogP contribution is 2.26. The first-order valence-corrected chi connectivity index (χ1v) is 15.2. The molecule has 0 spiro atoms. The summed E-state index contributed by atoms with van der Waals surface area (Å²) in [4.78, 5) is 44.9. The summed E-state index contributed by atoms with van der Waals surface area (Å²) < 4.78 is 11.0. The molecule has 240 valence electrons. The van der Waals surface area contributed by atoms with Crippen LogP contribution in [-0.2, 0) is 15.9 Å². The molecular formula is C37H42N4O5. The third kappa shape index (κ3) is 9.92. The van der Waals surface area contributed by atoms with Crippen LogP contribution in [0.4, 0.5) is 26.8 Å². The molecule has 9 nitrogen and oxygen atoms in total. The van der Waals surface area contributed by atoms with Crippen LogP contribution in [0.3, 0.4) is 0 Å². The quantitative estimate of drug-likeness (QED) is 0.204. The summed E-state index contributed by atoms with van der Waals surface area (Å²) in [5.41, 5.74) is 4.00. The van der Waals surface area contributed by atoms with Crippen molar-refractivity contribution in [3.05, 3.63) is 108 Å². The Morgan fingerprint density at radius 1 is 0.739 bits per heavy atom. The van der Waals surface area contributed by atoms with Crippen molar-refractivity contribution >= 4 is 35.3 Å². The van der Waals surface area contributed by atoms with Crippen molar-refractivity contribution in [1.29, 1.82) is 0 Å². The number of ether oxygens (including phenoxy) is 2. The molecule has 4 aromatic rings. The number of hydrogen-bond donors (Lipinski definition) is 2. The number of pyridine rings is 1. The molecule has 0 radical (unpaired) electrons. The number of nitrogens with zero attached hydrogens (tertiary/aromatic N) is 2. The molecule has 0 saturated heterocycles. The fourth-order valence-electron chi connectivity index (χ4n) is 4.55. The van der Waals surface area contributed by atoms with Crippen molar-refractivity contribution in [1.82, 2.24) is 4.98 Å². The third-order valence-corrected chi connectivity index (χ3v) is 6.61. The molecule has 46 heavy (non-hydrogen) atoms. The average molecular weight is 623 g/mol. The van der Waals surface area contributed by atoms with Crippen molar-refractivity contribution in [3.8, 4) is 11.1 Å². The van der Waals surface area contributed by atoms with Crippen LogP contribution in [0.2, 0.25) is 0 Å². The summed E-state index contributed by atoms with van der Waals surface area (Å²) in [6.07, 6.45) is -0.727. The van der Waals surface area contributed by atoms with Crippen LogP contribution >= 0.6 is 0 Å². The van der Waals surface area contributed by atoms with E-state index in [2.05, 4.69) is 15.6 Å². The van der Waals surface area contributed by atoms with Gasteiger partial charge in [0.1, 0.15) is 17.0 Å². The van der Waals surface area contributed by atoms with Crippen LogP contribution in [-0.4, -0.2) is 40.8 Å². The number of rotatable bonds is 8. The number of hydrogen-bond acceptors (Lipinski definition) is 6. The Hall–Kier alpha value is -5.18. The fourth-order valence-corrected chi connectivity index (χ4v) is 4.55. The van der Waals surface area contributed by atoms with E-state index >= 15 is 0 Å². The predicted molar refractivity (Wildman–Crippen MR) is 182 cm³/mol. The van der Waals surface area contributed by atoms with Crippen LogP contribution in [0.25, 0.3) is 11.1 Å². The first-order chi connectivity index (χ1) is 21.7. The van der Waals surface area contributed by atoms with Crippen LogP contribution < -0.4 is 15.5 Å². The van der Waals surface area contributed by atoms with Gasteiger partial charge in [0.25, 0.3) is 5.91 Å². The first-order valence-electron chi connectivity index (χ1n) is 15.2. The van der Waals surface area contributed by atoms with Gasteiger partial charge in [-0.25, -0.2) is 14.6 Å². The van der Waals surface area contributed by atoms with E-state index in [4.69, 9.17) is 9.47 Å². The summed E-state index contributed by atoms with van der Waals surface area (Å²) in [6, 6.07) is 27.8. The monoisotopic (exact) mass is 622 g/mol. The maximum absolute atomic E-state index is 13.3. The van der Waals surface area contributed by atoms with Crippen molar-refractivity contribution in [2.45, 2.75) is 66.1 Å². The van der Waals surface area contributed by atoms with Gasteiger partial charge >= 0.3 is 12.2 Å². The minimum absolute atomic E-state index is 0.237. The van der Waals surface area contributed by atoms with E-state index in [0.717, 1.165) is 16.7 Å². The van der Waals surface area contributed by atoms with E-state index in [1.807, 2.05) is 76.2 Å². The topological polar surface area (TPSA) is 110 Å². The van der Waals surface area contributed by atoms with Gasteiger partial charge in [-0.15, -0.1) is 0 Å². The minimum Gasteiger partial charge on any atom is -0.444 e. The number of aromatic nitrogens is 1. The van der Waals surface area contributed by atoms with Gasteiger partial charge in [-0.05, 0) is 102 Å². The lowest BCUT2D eigenvalue weighted by Crippen LogP contribution is -2.38. The van der Waals surface area contributed by atoms with Crippen molar-refractivity contribution in [2.24, 2.45) is 0 Å². The number of amides is 3. The molecule has 0 bridgehead atoms. The van der Waals surface area contributed by atoms with Crippen molar-refractivity contribution in [3.63, 3.8) is 0 Å². The minimum atomic E-state index is -0.705. The molecule has 3 amide bonds. The molecular weight excluding hydrogens is 580 g/mol. The lowest BCUT2D eigenvalue weighted by atomic mass is 9.98. The van der Waals surface area contributed by atoms with Crippen LogP contribution in [0.1, 0.15) is 63.2 Å². The molecule has 1 heterocycles. The molecule has 0 fully saturated rings. The number of aryl methyl sites for hydroxylation is 1. The van der Waals surface area contributed by atoms with Gasteiger partial charge in [0, 0.05) is 35.6 Å². The van der Waals surface area contributed by atoms with Gasteiger partial charge in [-0.2, -0.15) is 0 Å². The highest BCUT2D eigenvalue weighted by Gasteiger charge is 2.24. The molecule has 2 N–H and O–H groups in total. The number of carbonyl (C=O) groups excluding carboxylic acids is 3. The standard InChI is InChI=1S/C37H42N4O5/c1-25-15-17-26(18-16-25)30-12-8-9-13-31(30)33(42)39-28-19-21-29(22-20-28)41(35(44)46-37(5,6)7)24-23-27-11-10-14-32(38-27)40-34(43)45-36(2,3)4/h8-22H,23-24H2,1-7H3,(H,39,42)(H,38,40,43). The summed E-state index contributed by atoms with van der Waals surface area (Å²) in [5, 5.41) is 5.63. The SMILES string of the molecule is Cc1ccc(-c2ccccc2C(=O)Nc2ccc(N(CCc3cccc(NC(=O)OC(C)(C)C)n3)C(=O)OC(C)(C)C)cc2)cc1. The number of anilines is 3. The van der Waals surface area contributed by atoms with Crippen LogP contribution in [0.15, 0.2) is 91.0 Å². The Bertz CT molecular complexity index is 1670. The summed E-state index contributed by atoms with van der Waals surface area (Å²) in [6.45, 7) is 13.1. The molecule has 3 aromatic carbocycles. The second kappa shape index (κ2) is 14.3. The maximum atomic E-state index is 13.3. The number of carbonyl (C=O) groups is 3. The van der Waals surface area contributed by atoms with E-state index in [1.165, 1.54) is 4.90 Å². The highest BCUT2D eigenvalue weighted by atomic mass is 16.6. The van der Waals surface area contributed by atoms with Gasteiger partial charge in [-0.3, -0.25) is 15.0 Å². The molecule has 9 heteroatoms. The van der Waals surface area contributed by atoms with E-state index in [9.17, 15) is 14.4 Å². The van der Waals surface area contributed by atoms with E-state index in [1.54, 1.807) is 63.2 Å².